The normalized spacial score (nSPS) is 26.6. The van der Waals surface area contributed by atoms with Gasteiger partial charge in [0.25, 0.3) is 5.91 Å². The van der Waals surface area contributed by atoms with E-state index in [1.54, 1.807) is 31.5 Å². The fourth-order valence-corrected chi connectivity index (χ4v) is 4.88. The maximum Gasteiger partial charge on any atom is 0.270 e. The number of aryl methyl sites for hydroxylation is 1. The lowest BCUT2D eigenvalue weighted by molar-refractivity contribution is 0.0798. The summed E-state index contributed by atoms with van der Waals surface area (Å²) in [6.07, 6.45) is 9.54. The van der Waals surface area contributed by atoms with E-state index in [1.807, 2.05) is 12.1 Å². The molecule has 2 fully saturated rings. The molecule has 0 spiro atoms. The fourth-order valence-electron chi connectivity index (χ4n) is 4.88. The lowest BCUT2D eigenvalue weighted by Gasteiger charge is -2.39. The number of nitrogens with one attached hydrogen (secondary N) is 1. The number of fused-ring (bicyclic) bond motifs is 2. The second-order valence-electron chi connectivity index (χ2n) is 8.07. The highest BCUT2D eigenvalue weighted by Gasteiger charge is 2.52. The maximum absolute atomic E-state index is 12.7. The lowest BCUT2D eigenvalue weighted by atomic mass is 9.70. The van der Waals surface area contributed by atoms with Crippen LogP contribution in [0.3, 0.4) is 0 Å². The summed E-state index contributed by atoms with van der Waals surface area (Å²) in [7, 11) is 0. The number of nitrogens with zero attached hydrogens (tertiary/aromatic N) is 3. The van der Waals surface area contributed by atoms with Gasteiger partial charge < -0.3 is 5.32 Å². The average molecular weight is 364 g/mol. The molecule has 2 saturated carbocycles. The van der Waals surface area contributed by atoms with E-state index in [1.165, 1.54) is 0 Å². The minimum Gasteiger partial charge on any atom is -0.345 e. The Kier molecular flexibility index (Phi) is 4.50. The van der Waals surface area contributed by atoms with E-state index in [4.69, 9.17) is 0 Å². The number of amides is 1. The van der Waals surface area contributed by atoms with E-state index in [0.717, 1.165) is 38.5 Å². The molecule has 2 unspecified atom stereocenters. The topological polar surface area (TPSA) is 84.8 Å². The molecule has 2 aromatic heterocycles. The predicted octanol–water partition coefficient (Wildman–Crippen LogP) is 3.28. The van der Waals surface area contributed by atoms with Gasteiger partial charge in [-0.1, -0.05) is 12.5 Å². The number of hydrogen-bond acceptors (Lipinski definition) is 5. The van der Waals surface area contributed by atoms with Crippen LogP contribution in [-0.4, -0.2) is 32.2 Å². The van der Waals surface area contributed by atoms with Crippen LogP contribution in [0.25, 0.3) is 0 Å². The quantitative estimate of drug-likeness (QED) is 0.823. The summed E-state index contributed by atoms with van der Waals surface area (Å²) < 4.78 is 0. The van der Waals surface area contributed by atoms with Gasteiger partial charge in [-0.3, -0.25) is 14.6 Å². The van der Waals surface area contributed by atoms with Crippen molar-refractivity contribution in [1.82, 2.24) is 20.3 Å². The number of Topliss-reactive ketones (excluding diaryl/α,β-unsaturated/α-hetero) is 1. The van der Waals surface area contributed by atoms with Crippen LogP contribution in [0, 0.1) is 12.3 Å². The van der Waals surface area contributed by atoms with Crippen molar-refractivity contribution in [1.29, 1.82) is 0 Å². The molecule has 1 amide bonds. The third-order valence-corrected chi connectivity index (χ3v) is 6.08. The molecule has 6 heteroatoms. The molecule has 4 rings (SSSR count). The van der Waals surface area contributed by atoms with Gasteiger partial charge in [-0.05, 0) is 62.6 Å². The van der Waals surface area contributed by atoms with E-state index < -0.39 is 0 Å². The molecule has 0 saturated heterocycles. The number of pyridine rings is 1. The van der Waals surface area contributed by atoms with Crippen LogP contribution < -0.4 is 5.32 Å². The first-order valence-corrected chi connectivity index (χ1v) is 9.56. The average Bonchev–Trinajstić information content (AvgIpc) is 2.92. The number of aromatic nitrogens is 3. The van der Waals surface area contributed by atoms with Crippen molar-refractivity contribution in [3.8, 4) is 0 Å². The van der Waals surface area contributed by atoms with Crippen LogP contribution in [0.5, 0.6) is 0 Å². The maximum atomic E-state index is 12.7. The van der Waals surface area contributed by atoms with Crippen molar-refractivity contribution in [3.05, 3.63) is 53.9 Å². The molecule has 140 valence electrons. The number of carbonyl (C=O) groups excluding carboxylic acids is 2. The first-order chi connectivity index (χ1) is 13.0. The molecule has 2 aliphatic rings. The Labute approximate surface area is 158 Å². The molecule has 1 N–H and O–H groups in total. The molecule has 2 aromatic rings. The zero-order valence-electron chi connectivity index (χ0n) is 15.6. The Morgan fingerprint density at radius 1 is 1.04 bits per heavy atom. The second kappa shape index (κ2) is 6.83. The molecule has 0 radical (unpaired) electrons. The van der Waals surface area contributed by atoms with Gasteiger partial charge in [0.15, 0.2) is 5.78 Å². The van der Waals surface area contributed by atoms with Crippen molar-refractivity contribution in [2.45, 2.75) is 57.4 Å². The molecular weight excluding hydrogens is 340 g/mol. The Bertz CT molecular complexity index is 869. The lowest BCUT2D eigenvalue weighted by Crippen LogP contribution is -2.49. The van der Waals surface area contributed by atoms with Gasteiger partial charge in [0.2, 0.25) is 0 Å². The largest absolute Gasteiger partial charge is 0.345 e. The molecule has 6 nitrogen and oxygen atoms in total. The molecular formula is C21H24N4O2. The summed E-state index contributed by atoms with van der Waals surface area (Å²) >= 11 is 0. The second-order valence-corrected chi connectivity index (χ2v) is 8.07. The van der Waals surface area contributed by atoms with Crippen molar-refractivity contribution in [2.75, 3.05) is 0 Å². The van der Waals surface area contributed by atoms with Crippen LogP contribution in [0.4, 0.5) is 0 Å². The summed E-state index contributed by atoms with van der Waals surface area (Å²) in [5.74, 6) is 0.547. The monoisotopic (exact) mass is 364 g/mol. The number of carbonyl (C=O) groups is 2. The summed E-state index contributed by atoms with van der Waals surface area (Å²) in [5.41, 5.74) is 0.695. The highest BCUT2D eigenvalue weighted by Crippen LogP contribution is 2.55. The van der Waals surface area contributed by atoms with Crippen LogP contribution >= 0.6 is 0 Å². The van der Waals surface area contributed by atoms with Crippen molar-refractivity contribution >= 4 is 11.7 Å². The first kappa shape index (κ1) is 17.8. The van der Waals surface area contributed by atoms with Gasteiger partial charge in [0, 0.05) is 24.4 Å². The van der Waals surface area contributed by atoms with Crippen molar-refractivity contribution < 1.29 is 9.59 Å². The molecule has 0 aliphatic heterocycles. The number of hydrogen-bond donors (Lipinski definition) is 1. The van der Waals surface area contributed by atoms with Crippen LogP contribution in [0.2, 0.25) is 0 Å². The molecule has 2 heterocycles. The Hall–Kier alpha value is -2.63. The third kappa shape index (κ3) is 3.61. The minimum atomic E-state index is -0.224. The van der Waals surface area contributed by atoms with Gasteiger partial charge in [0.05, 0.1) is 0 Å². The molecule has 0 aromatic carbocycles. The third-order valence-electron chi connectivity index (χ3n) is 6.08. The van der Waals surface area contributed by atoms with E-state index in [0.29, 0.717) is 23.6 Å². The van der Waals surface area contributed by atoms with E-state index in [9.17, 15) is 9.59 Å². The first-order valence-electron chi connectivity index (χ1n) is 9.56. The molecule has 2 atom stereocenters. The van der Waals surface area contributed by atoms with Gasteiger partial charge in [-0.2, -0.15) is 0 Å². The summed E-state index contributed by atoms with van der Waals surface area (Å²) in [5, 5.41) is 3.25. The van der Waals surface area contributed by atoms with E-state index in [-0.39, 0.29) is 22.6 Å². The van der Waals surface area contributed by atoms with Crippen LogP contribution in [-0.2, 0) is 0 Å². The predicted molar refractivity (Wildman–Crippen MR) is 100 cm³/mol. The van der Waals surface area contributed by atoms with Gasteiger partial charge in [0.1, 0.15) is 17.2 Å². The summed E-state index contributed by atoms with van der Waals surface area (Å²) in [6.45, 7) is 1.78. The Morgan fingerprint density at radius 3 is 2.70 bits per heavy atom. The fraction of sp³-hybridized carbons (Fsp3) is 0.476. The van der Waals surface area contributed by atoms with Crippen LogP contribution in [0.1, 0.15) is 71.7 Å². The number of rotatable bonds is 5. The van der Waals surface area contributed by atoms with Gasteiger partial charge >= 0.3 is 0 Å². The van der Waals surface area contributed by atoms with Gasteiger partial charge in [-0.25, -0.2) is 9.97 Å². The molecule has 27 heavy (non-hydrogen) atoms. The molecule has 2 bridgehead atoms. The Morgan fingerprint density at radius 2 is 1.93 bits per heavy atom. The van der Waals surface area contributed by atoms with Gasteiger partial charge in [-0.15, -0.1) is 0 Å². The summed E-state index contributed by atoms with van der Waals surface area (Å²) in [6, 6.07) is 7.10. The van der Waals surface area contributed by atoms with Crippen molar-refractivity contribution in [3.63, 3.8) is 0 Å². The SMILES string of the molecule is Cc1nccc(C(=O)NC23CCCC(CC(=O)c4ccccn4)(CC2)C3)n1. The highest BCUT2D eigenvalue weighted by molar-refractivity contribution is 5.95. The Balaban J connectivity index is 1.48. The van der Waals surface area contributed by atoms with Crippen molar-refractivity contribution in [2.24, 2.45) is 5.41 Å². The standard InChI is InChI=1S/C21H24N4O2/c1-15-22-12-6-17(24-15)19(27)25-21-8-4-7-20(14-21,9-10-21)13-18(26)16-5-2-3-11-23-16/h2-3,5-6,11-12H,4,7-10,13-14H2,1H3,(H,25,27). The summed E-state index contributed by atoms with van der Waals surface area (Å²) in [4.78, 5) is 37.9. The smallest absolute Gasteiger partial charge is 0.270 e. The zero-order chi connectivity index (χ0) is 18.9. The zero-order valence-corrected chi connectivity index (χ0v) is 15.6. The highest BCUT2D eigenvalue weighted by atomic mass is 16.2. The van der Waals surface area contributed by atoms with Crippen LogP contribution in [0.15, 0.2) is 36.7 Å². The minimum absolute atomic E-state index is 0.0261. The number of ketones is 1. The molecule has 2 aliphatic carbocycles. The van der Waals surface area contributed by atoms with E-state index >= 15 is 0 Å². The van der Waals surface area contributed by atoms with E-state index in [2.05, 4.69) is 20.3 Å².